The van der Waals surface area contributed by atoms with E-state index in [0.29, 0.717) is 5.88 Å². The van der Waals surface area contributed by atoms with Gasteiger partial charge in [-0.1, -0.05) is 0 Å². The molecule has 0 spiro atoms. The molecule has 1 aromatic carbocycles. The number of aryl methyl sites for hydroxylation is 1. The minimum atomic E-state index is -0.147. The Morgan fingerprint density at radius 1 is 1.43 bits per heavy atom. The van der Waals surface area contributed by atoms with E-state index < -0.39 is 0 Å². The molecule has 1 atom stereocenters. The lowest BCUT2D eigenvalue weighted by molar-refractivity contribution is 0.174. The second-order valence-electron chi connectivity index (χ2n) is 3.32. The molecular formula is C10H12ClNO2. The van der Waals surface area contributed by atoms with Crippen LogP contribution in [0.2, 0.25) is 0 Å². The average molecular weight is 214 g/mol. The minimum Gasteiger partial charge on any atom is -0.454 e. The van der Waals surface area contributed by atoms with Gasteiger partial charge < -0.3 is 15.2 Å². The van der Waals surface area contributed by atoms with Crippen LogP contribution in [0.5, 0.6) is 11.5 Å². The Labute approximate surface area is 87.8 Å². The van der Waals surface area contributed by atoms with E-state index in [1.807, 2.05) is 19.1 Å². The van der Waals surface area contributed by atoms with Gasteiger partial charge in [-0.15, -0.1) is 11.6 Å². The minimum absolute atomic E-state index is 0.147. The zero-order valence-electron chi connectivity index (χ0n) is 7.92. The van der Waals surface area contributed by atoms with Gasteiger partial charge in [0.1, 0.15) is 0 Å². The normalized spacial score (nSPS) is 15.6. The Hall–Kier alpha value is -0.930. The summed E-state index contributed by atoms with van der Waals surface area (Å²) in [7, 11) is 0. The lowest BCUT2D eigenvalue weighted by Gasteiger charge is -2.12. The molecule has 1 aliphatic heterocycles. The molecule has 0 amide bonds. The fraction of sp³-hybridized carbons (Fsp3) is 0.400. The van der Waals surface area contributed by atoms with Crippen molar-refractivity contribution in [3.8, 4) is 11.5 Å². The molecule has 1 heterocycles. The van der Waals surface area contributed by atoms with E-state index in [1.165, 1.54) is 0 Å². The highest BCUT2D eigenvalue weighted by Crippen LogP contribution is 2.36. The third-order valence-electron chi connectivity index (χ3n) is 2.33. The topological polar surface area (TPSA) is 44.5 Å². The molecule has 3 nitrogen and oxygen atoms in total. The van der Waals surface area contributed by atoms with Crippen molar-refractivity contribution >= 4 is 11.6 Å². The maximum Gasteiger partial charge on any atom is 0.231 e. The Morgan fingerprint density at radius 3 is 2.71 bits per heavy atom. The van der Waals surface area contributed by atoms with E-state index in [1.54, 1.807) is 0 Å². The summed E-state index contributed by atoms with van der Waals surface area (Å²) in [5.74, 6) is 1.94. The van der Waals surface area contributed by atoms with Crippen molar-refractivity contribution in [1.29, 1.82) is 0 Å². The third-order valence-corrected chi connectivity index (χ3v) is 2.66. The standard InChI is InChI=1S/C10H12ClNO2/c1-6-2-9-10(14-5-13-9)3-7(6)8(12)4-11/h2-3,8H,4-5,12H2,1H3. The monoisotopic (exact) mass is 213 g/mol. The number of nitrogens with two attached hydrogens (primary N) is 1. The highest BCUT2D eigenvalue weighted by molar-refractivity contribution is 6.18. The molecule has 0 saturated carbocycles. The summed E-state index contributed by atoms with van der Waals surface area (Å²) < 4.78 is 10.5. The molecule has 1 aliphatic rings. The van der Waals surface area contributed by atoms with Gasteiger partial charge in [-0.25, -0.2) is 0 Å². The van der Waals surface area contributed by atoms with Gasteiger partial charge in [0.25, 0.3) is 0 Å². The molecule has 0 radical (unpaired) electrons. The number of rotatable bonds is 2. The summed E-state index contributed by atoms with van der Waals surface area (Å²) in [6, 6.07) is 3.69. The predicted molar refractivity (Wildman–Crippen MR) is 55.0 cm³/mol. The van der Waals surface area contributed by atoms with Crippen molar-refractivity contribution in [3.63, 3.8) is 0 Å². The average Bonchev–Trinajstić information content (AvgIpc) is 2.62. The van der Waals surface area contributed by atoms with Gasteiger partial charge in [0.2, 0.25) is 6.79 Å². The van der Waals surface area contributed by atoms with Gasteiger partial charge in [0.05, 0.1) is 0 Å². The van der Waals surface area contributed by atoms with Crippen LogP contribution in [0.25, 0.3) is 0 Å². The van der Waals surface area contributed by atoms with Crippen molar-refractivity contribution < 1.29 is 9.47 Å². The quantitative estimate of drug-likeness (QED) is 0.764. The number of halogens is 1. The zero-order chi connectivity index (χ0) is 10.1. The van der Waals surface area contributed by atoms with Crippen molar-refractivity contribution in [2.24, 2.45) is 5.73 Å². The second-order valence-corrected chi connectivity index (χ2v) is 3.63. The maximum atomic E-state index is 5.86. The predicted octanol–water partition coefficient (Wildman–Crippen LogP) is 1.96. The molecule has 0 fully saturated rings. The van der Waals surface area contributed by atoms with Crippen LogP contribution in [0, 0.1) is 6.92 Å². The molecule has 2 N–H and O–H groups in total. The van der Waals surface area contributed by atoms with Crippen LogP contribution in [0.15, 0.2) is 12.1 Å². The molecule has 2 rings (SSSR count). The van der Waals surface area contributed by atoms with Crippen LogP contribution >= 0.6 is 11.6 Å². The molecule has 0 bridgehead atoms. The van der Waals surface area contributed by atoms with E-state index in [9.17, 15) is 0 Å². The van der Waals surface area contributed by atoms with E-state index in [0.717, 1.165) is 22.6 Å². The molecule has 4 heteroatoms. The first-order chi connectivity index (χ1) is 6.72. The van der Waals surface area contributed by atoms with Crippen LogP contribution in [-0.2, 0) is 0 Å². The summed E-state index contributed by atoms with van der Waals surface area (Å²) in [6.45, 7) is 2.28. The van der Waals surface area contributed by atoms with E-state index in [4.69, 9.17) is 26.8 Å². The van der Waals surface area contributed by atoms with Crippen LogP contribution < -0.4 is 15.2 Å². The van der Waals surface area contributed by atoms with Crippen molar-refractivity contribution in [2.75, 3.05) is 12.7 Å². The number of hydrogen-bond donors (Lipinski definition) is 1. The van der Waals surface area contributed by atoms with Crippen LogP contribution in [0.4, 0.5) is 0 Å². The van der Waals surface area contributed by atoms with E-state index in [-0.39, 0.29) is 12.8 Å². The number of ether oxygens (including phenoxy) is 2. The number of benzene rings is 1. The van der Waals surface area contributed by atoms with Crippen LogP contribution in [-0.4, -0.2) is 12.7 Å². The first kappa shape index (κ1) is 9.62. The summed E-state index contributed by atoms with van der Waals surface area (Å²) in [6.07, 6.45) is 0. The fourth-order valence-electron chi connectivity index (χ4n) is 1.54. The maximum absolute atomic E-state index is 5.86. The number of hydrogen-bond acceptors (Lipinski definition) is 3. The summed E-state index contributed by atoms with van der Waals surface area (Å²) in [4.78, 5) is 0. The SMILES string of the molecule is Cc1cc2c(cc1C(N)CCl)OCO2. The van der Waals surface area contributed by atoms with Gasteiger partial charge in [-0.05, 0) is 30.2 Å². The zero-order valence-corrected chi connectivity index (χ0v) is 8.67. The van der Waals surface area contributed by atoms with Gasteiger partial charge in [-0.2, -0.15) is 0 Å². The Morgan fingerprint density at radius 2 is 2.07 bits per heavy atom. The van der Waals surface area contributed by atoms with Crippen molar-refractivity contribution in [2.45, 2.75) is 13.0 Å². The lowest BCUT2D eigenvalue weighted by Crippen LogP contribution is -2.12. The Bertz CT molecular complexity index is 354. The van der Waals surface area contributed by atoms with Gasteiger partial charge in [0, 0.05) is 11.9 Å². The molecule has 0 aliphatic carbocycles. The lowest BCUT2D eigenvalue weighted by atomic mass is 10.0. The molecule has 14 heavy (non-hydrogen) atoms. The largest absolute Gasteiger partial charge is 0.454 e. The van der Waals surface area contributed by atoms with E-state index in [2.05, 4.69) is 0 Å². The highest BCUT2D eigenvalue weighted by Gasteiger charge is 2.17. The molecular weight excluding hydrogens is 202 g/mol. The van der Waals surface area contributed by atoms with Crippen molar-refractivity contribution in [1.82, 2.24) is 0 Å². The first-order valence-corrected chi connectivity index (χ1v) is 4.97. The second kappa shape index (κ2) is 3.67. The van der Waals surface area contributed by atoms with Crippen LogP contribution in [0.3, 0.4) is 0 Å². The van der Waals surface area contributed by atoms with E-state index >= 15 is 0 Å². The van der Waals surface area contributed by atoms with Gasteiger partial charge >= 0.3 is 0 Å². The molecule has 0 aromatic heterocycles. The molecule has 76 valence electrons. The first-order valence-electron chi connectivity index (χ1n) is 4.44. The molecule has 1 unspecified atom stereocenters. The summed E-state index contributed by atoms with van der Waals surface area (Å²) in [5, 5.41) is 0. The van der Waals surface area contributed by atoms with Gasteiger partial charge in [0.15, 0.2) is 11.5 Å². The highest BCUT2D eigenvalue weighted by atomic mass is 35.5. The Kier molecular flexibility index (Phi) is 2.52. The summed E-state index contributed by atoms with van der Waals surface area (Å²) >= 11 is 5.71. The number of alkyl halides is 1. The Balaban J connectivity index is 2.42. The van der Waals surface area contributed by atoms with Crippen molar-refractivity contribution in [3.05, 3.63) is 23.3 Å². The molecule has 1 aromatic rings. The molecule has 0 saturated heterocycles. The summed E-state index contributed by atoms with van der Waals surface area (Å²) in [5.41, 5.74) is 7.96. The fourth-order valence-corrected chi connectivity index (χ4v) is 1.71. The smallest absolute Gasteiger partial charge is 0.231 e. The van der Waals surface area contributed by atoms with Gasteiger partial charge in [-0.3, -0.25) is 0 Å². The third kappa shape index (κ3) is 1.53. The van der Waals surface area contributed by atoms with Crippen LogP contribution in [0.1, 0.15) is 17.2 Å². The number of fused-ring (bicyclic) bond motifs is 1.